The maximum atomic E-state index is 13.5. The summed E-state index contributed by atoms with van der Waals surface area (Å²) < 4.78 is 4.43. The van der Waals surface area contributed by atoms with E-state index in [0.29, 0.717) is 11.1 Å². The van der Waals surface area contributed by atoms with Crippen molar-refractivity contribution >= 4 is 47.3 Å². The largest absolute Gasteiger partial charge is 0.451 e. The maximum absolute atomic E-state index is 13.5. The van der Waals surface area contributed by atoms with Gasteiger partial charge in [-0.25, -0.2) is 4.79 Å². The summed E-state index contributed by atoms with van der Waals surface area (Å²) in [6.45, 7) is 1.48. The third-order valence-corrected chi connectivity index (χ3v) is 7.13. The smallest absolute Gasteiger partial charge is 0.331 e. The summed E-state index contributed by atoms with van der Waals surface area (Å²) in [4.78, 5) is 50.1. The fraction of sp³-hybridized carbons (Fsp3) is 0.304. The summed E-state index contributed by atoms with van der Waals surface area (Å²) in [5, 5.41) is 10.6. The van der Waals surface area contributed by atoms with Gasteiger partial charge in [0.15, 0.2) is 11.9 Å². The van der Waals surface area contributed by atoms with Crippen LogP contribution in [0.4, 0.5) is 0 Å². The number of nitrogens with zero attached hydrogens (tertiary/aromatic N) is 1. The summed E-state index contributed by atoms with van der Waals surface area (Å²) in [5.41, 5.74) is 1.40. The lowest BCUT2D eigenvalue weighted by molar-refractivity contribution is -0.160. The van der Waals surface area contributed by atoms with Gasteiger partial charge in [0.05, 0.1) is 16.5 Å². The summed E-state index contributed by atoms with van der Waals surface area (Å²) in [6, 6.07) is 16.7. The van der Waals surface area contributed by atoms with Gasteiger partial charge in [-0.05, 0) is 18.1 Å². The van der Waals surface area contributed by atoms with Crippen molar-refractivity contribution in [3.8, 4) is 0 Å². The van der Waals surface area contributed by atoms with Crippen molar-refractivity contribution in [1.82, 2.24) is 4.90 Å². The van der Waals surface area contributed by atoms with Gasteiger partial charge in [-0.15, -0.1) is 23.4 Å². The van der Waals surface area contributed by atoms with Crippen LogP contribution in [0.1, 0.15) is 24.2 Å². The number of hydrogen-bond donors (Lipinski definition) is 1. The Morgan fingerprint density at radius 2 is 1.69 bits per heavy atom. The number of ketones is 1. The lowest BCUT2D eigenvalue weighted by Gasteiger charge is -2.35. The molecule has 1 fully saturated rings. The molecule has 2 aromatic carbocycles. The Hall–Kier alpha value is -2.68. The average Bonchev–Trinajstić information content (AvgIpc) is 3.20. The number of rotatable bonds is 8. The molecule has 1 amide bonds. The van der Waals surface area contributed by atoms with Crippen molar-refractivity contribution in [2.24, 2.45) is 0 Å². The minimum absolute atomic E-state index is 0.0677. The molecule has 3 rings (SSSR count). The lowest BCUT2D eigenvalue weighted by atomic mass is 9.91. The highest BCUT2D eigenvalue weighted by Crippen LogP contribution is 2.44. The topological polar surface area (TPSA) is 101 Å². The van der Waals surface area contributed by atoms with E-state index in [-0.39, 0.29) is 12.2 Å². The second-order valence-corrected chi connectivity index (χ2v) is 9.12. The van der Waals surface area contributed by atoms with Gasteiger partial charge in [0.1, 0.15) is 12.1 Å². The molecule has 1 N–H and O–H groups in total. The minimum atomic E-state index is -1.64. The van der Waals surface area contributed by atoms with Crippen LogP contribution in [-0.4, -0.2) is 62.6 Å². The molecule has 0 bridgehead atoms. The Balaban J connectivity index is 2.00. The van der Waals surface area contributed by atoms with Crippen LogP contribution in [0.3, 0.4) is 0 Å². The fourth-order valence-electron chi connectivity index (χ4n) is 3.68. The van der Waals surface area contributed by atoms with Crippen molar-refractivity contribution in [3.63, 3.8) is 0 Å². The van der Waals surface area contributed by atoms with E-state index in [1.165, 1.54) is 6.92 Å². The van der Waals surface area contributed by atoms with Gasteiger partial charge >= 0.3 is 5.97 Å². The second-order valence-electron chi connectivity index (χ2n) is 7.43. The molecule has 1 aliphatic rings. The van der Waals surface area contributed by atoms with Crippen molar-refractivity contribution in [2.45, 2.75) is 29.9 Å². The van der Waals surface area contributed by atoms with Crippen LogP contribution in [0.25, 0.3) is 0 Å². The predicted molar refractivity (Wildman–Crippen MR) is 120 cm³/mol. The van der Waals surface area contributed by atoms with Crippen molar-refractivity contribution < 1.29 is 29.0 Å². The molecule has 0 aliphatic carbocycles. The molecule has 3 atom stereocenters. The van der Waals surface area contributed by atoms with Gasteiger partial charge in [-0.3, -0.25) is 14.4 Å². The fourth-order valence-corrected chi connectivity index (χ4v) is 5.19. The van der Waals surface area contributed by atoms with Crippen LogP contribution in [0.2, 0.25) is 0 Å². The monoisotopic (exact) mass is 475 g/mol. The van der Waals surface area contributed by atoms with Gasteiger partial charge in [0, 0.05) is 0 Å². The van der Waals surface area contributed by atoms with Gasteiger partial charge in [-0.1, -0.05) is 60.7 Å². The first kappa shape index (κ1) is 24.0. The number of amides is 1. The van der Waals surface area contributed by atoms with Crippen LogP contribution < -0.4 is 0 Å². The molecule has 0 radical (unpaired) electrons. The van der Waals surface area contributed by atoms with E-state index in [4.69, 9.17) is 16.3 Å². The quantitative estimate of drug-likeness (QED) is 0.270. The number of esters is 1. The Kier molecular flexibility index (Phi) is 7.71. The van der Waals surface area contributed by atoms with Crippen LogP contribution >= 0.6 is 23.4 Å². The van der Waals surface area contributed by atoms with Crippen LogP contribution in [0.15, 0.2) is 60.7 Å². The molecule has 9 heteroatoms. The Morgan fingerprint density at radius 1 is 1.16 bits per heavy atom. The molecule has 1 unspecified atom stereocenters. The average molecular weight is 476 g/mol. The number of aldehydes is 1. The zero-order valence-corrected chi connectivity index (χ0v) is 18.8. The molecule has 168 valence electrons. The molecular weight excluding hydrogens is 454 g/mol. The molecule has 1 heterocycles. The van der Waals surface area contributed by atoms with Gasteiger partial charge in [-0.2, -0.15) is 0 Å². The first-order valence-electron chi connectivity index (χ1n) is 9.80. The summed E-state index contributed by atoms with van der Waals surface area (Å²) in [7, 11) is 0. The highest BCUT2D eigenvalue weighted by molar-refractivity contribution is 8.01. The minimum Gasteiger partial charge on any atom is -0.451 e. The van der Waals surface area contributed by atoms with E-state index in [2.05, 4.69) is 0 Å². The standard InChI is InChI=1S/C23H22ClNO6S/c1-23(21(29)17(27)12-24)20(25(14-32-23)18(28)13-26)22(30)31-19(15-8-4-2-5-9-15)16-10-6-3-7-11-16/h2-11,13,19-21,29H,12,14H2,1H3/t20-,21?,23+/m0/s1. The number of aliphatic hydroxyl groups is 1. The van der Waals surface area contributed by atoms with Crippen LogP contribution in [0.5, 0.6) is 0 Å². The van der Waals surface area contributed by atoms with Crippen LogP contribution in [-0.2, 0) is 23.9 Å². The number of ether oxygens (including phenoxy) is 1. The molecule has 7 nitrogen and oxygen atoms in total. The normalized spacial score (nSPS) is 21.2. The first-order valence-corrected chi connectivity index (χ1v) is 11.3. The molecule has 0 saturated carbocycles. The summed E-state index contributed by atoms with van der Waals surface area (Å²) >= 11 is 6.63. The molecule has 32 heavy (non-hydrogen) atoms. The van der Waals surface area contributed by atoms with E-state index in [9.17, 15) is 24.3 Å². The molecule has 0 aromatic heterocycles. The van der Waals surface area contributed by atoms with E-state index < -0.39 is 46.5 Å². The van der Waals surface area contributed by atoms with E-state index in [1.54, 1.807) is 48.5 Å². The number of benzene rings is 2. The molecule has 2 aromatic rings. The second kappa shape index (κ2) is 10.3. The first-order chi connectivity index (χ1) is 15.3. The predicted octanol–water partition coefficient (Wildman–Crippen LogP) is 2.35. The van der Waals surface area contributed by atoms with Gasteiger partial charge in [0.25, 0.3) is 5.91 Å². The van der Waals surface area contributed by atoms with Gasteiger partial charge < -0.3 is 14.7 Å². The lowest BCUT2D eigenvalue weighted by Crippen LogP contribution is -2.58. The van der Waals surface area contributed by atoms with E-state index in [0.717, 1.165) is 16.7 Å². The number of hydrogen-bond acceptors (Lipinski definition) is 7. The van der Waals surface area contributed by atoms with E-state index >= 15 is 0 Å². The number of carbonyl (C=O) groups is 4. The molecule has 1 saturated heterocycles. The number of carbonyl (C=O) groups excluding carboxylic acids is 4. The maximum Gasteiger partial charge on any atom is 0.331 e. The van der Waals surface area contributed by atoms with Crippen molar-refractivity contribution in [2.75, 3.05) is 11.8 Å². The Morgan fingerprint density at radius 3 is 2.16 bits per heavy atom. The van der Waals surface area contributed by atoms with E-state index in [1.807, 2.05) is 12.1 Å². The third kappa shape index (κ3) is 4.72. The number of Topliss-reactive ketones (excluding diaryl/α,β-unsaturated/α-hetero) is 1. The zero-order chi connectivity index (χ0) is 23.3. The molecule has 0 spiro atoms. The number of alkyl halides is 1. The number of thioether (sulfide) groups is 1. The molecular formula is C23H22ClNO6S. The van der Waals surface area contributed by atoms with Crippen molar-refractivity contribution in [1.29, 1.82) is 0 Å². The number of aliphatic hydroxyl groups excluding tert-OH is 1. The number of halogens is 1. The van der Waals surface area contributed by atoms with Gasteiger partial charge in [0.2, 0.25) is 6.29 Å². The molecule has 1 aliphatic heterocycles. The van der Waals surface area contributed by atoms with Crippen molar-refractivity contribution in [3.05, 3.63) is 71.8 Å². The highest BCUT2D eigenvalue weighted by atomic mass is 35.5. The Bertz CT molecular complexity index is 949. The summed E-state index contributed by atoms with van der Waals surface area (Å²) in [6.07, 6.45) is -2.35. The Labute approximate surface area is 194 Å². The summed E-state index contributed by atoms with van der Waals surface area (Å²) in [5.74, 6) is -3.00. The SMILES string of the molecule is C[C@@]1(C(O)C(=O)CCl)SCN(C(=O)C=O)[C@H]1C(=O)OC(c1ccccc1)c1ccccc1. The highest BCUT2D eigenvalue weighted by Gasteiger charge is 2.57. The van der Waals surface area contributed by atoms with Crippen LogP contribution in [0, 0.1) is 0 Å². The third-order valence-electron chi connectivity index (χ3n) is 5.39. The zero-order valence-electron chi connectivity index (χ0n) is 17.2.